The van der Waals surface area contributed by atoms with E-state index in [-0.39, 0.29) is 0 Å². The van der Waals surface area contributed by atoms with Gasteiger partial charge in [0.2, 0.25) is 0 Å². The van der Waals surface area contributed by atoms with Gasteiger partial charge in [-0.15, -0.1) is 0 Å². The molecule has 14 heavy (non-hydrogen) atoms. The van der Waals surface area contributed by atoms with Crippen molar-refractivity contribution >= 4 is 22.5 Å². The lowest BCUT2D eigenvalue weighted by molar-refractivity contribution is 1.37. The third kappa shape index (κ3) is 2.24. The topological polar surface area (TPSA) is 12.9 Å². The molecule has 0 N–H and O–H groups in total. The van der Waals surface area contributed by atoms with Crippen LogP contribution in [-0.2, 0) is 0 Å². The Morgan fingerprint density at radius 3 is 2.64 bits per heavy atom. The maximum atomic E-state index is 5.90. The Labute approximate surface area is 89.7 Å². The Balaban J connectivity index is 0.000000461. The third-order valence-electron chi connectivity index (χ3n) is 1.86. The highest BCUT2D eigenvalue weighted by molar-refractivity contribution is 6.31. The first kappa shape index (κ1) is 11.0. The minimum absolute atomic E-state index is 0.771. The average molecular weight is 208 g/mol. The second kappa shape index (κ2) is 4.97. The van der Waals surface area contributed by atoms with Crippen LogP contribution in [0.5, 0.6) is 0 Å². The van der Waals surface area contributed by atoms with Gasteiger partial charge in [-0.3, -0.25) is 4.98 Å². The van der Waals surface area contributed by atoms with E-state index in [1.54, 1.807) is 6.20 Å². The highest BCUT2D eigenvalue weighted by Gasteiger charge is 1.98. The van der Waals surface area contributed by atoms with Crippen LogP contribution in [0.4, 0.5) is 0 Å². The minimum Gasteiger partial charge on any atom is -0.256 e. The van der Waals surface area contributed by atoms with Crippen LogP contribution in [0.1, 0.15) is 19.4 Å². The van der Waals surface area contributed by atoms with Crippen LogP contribution >= 0.6 is 11.6 Å². The minimum atomic E-state index is 0.771. The predicted octanol–water partition coefficient (Wildman–Crippen LogP) is 4.22. The van der Waals surface area contributed by atoms with Gasteiger partial charge in [-0.1, -0.05) is 31.5 Å². The van der Waals surface area contributed by atoms with Crippen LogP contribution < -0.4 is 0 Å². The van der Waals surface area contributed by atoms with Crippen molar-refractivity contribution in [3.05, 3.63) is 41.0 Å². The molecule has 74 valence electrons. The van der Waals surface area contributed by atoms with Crippen LogP contribution in [-0.4, -0.2) is 4.98 Å². The van der Waals surface area contributed by atoms with E-state index in [0.29, 0.717) is 0 Å². The van der Waals surface area contributed by atoms with E-state index in [0.717, 1.165) is 21.5 Å². The molecule has 1 aromatic heterocycles. The second-order valence-corrected chi connectivity index (χ2v) is 3.23. The molecule has 0 unspecified atom stereocenters. The number of rotatable bonds is 0. The summed E-state index contributed by atoms with van der Waals surface area (Å²) < 4.78 is 0. The lowest BCUT2D eigenvalue weighted by Crippen LogP contribution is -1.81. The van der Waals surface area contributed by atoms with Crippen molar-refractivity contribution in [1.82, 2.24) is 4.98 Å². The van der Waals surface area contributed by atoms with Gasteiger partial charge in [0, 0.05) is 16.6 Å². The maximum absolute atomic E-state index is 5.90. The van der Waals surface area contributed by atoms with Gasteiger partial charge >= 0.3 is 0 Å². The summed E-state index contributed by atoms with van der Waals surface area (Å²) in [6, 6.07) is 7.78. The van der Waals surface area contributed by atoms with Crippen molar-refractivity contribution in [2.24, 2.45) is 0 Å². The van der Waals surface area contributed by atoms with Crippen LogP contribution in [0.15, 0.2) is 30.5 Å². The number of aromatic nitrogens is 1. The number of hydrogen-bond acceptors (Lipinski definition) is 1. The molecule has 2 rings (SSSR count). The monoisotopic (exact) mass is 207 g/mol. The molecule has 0 atom stereocenters. The fraction of sp³-hybridized carbons (Fsp3) is 0.250. The molecule has 0 bridgehead atoms. The fourth-order valence-corrected chi connectivity index (χ4v) is 1.61. The second-order valence-electron chi connectivity index (χ2n) is 2.80. The molecular formula is C12H14ClN. The number of halogens is 1. The van der Waals surface area contributed by atoms with E-state index in [4.69, 9.17) is 11.6 Å². The summed E-state index contributed by atoms with van der Waals surface area (Å²) in [7, 11) is 0. The zero-order chi connectivity index (χ0) is 10.6. The smallest absolute Gasteiger partial charge is 0.0732 e. The van der Waals surface area contributed by atoms with E-state index in [9.17, 15) is 0 Å². The summed E-state index contributed by atoms with van der Waals surface area (Å²) in [5.74, 6) is 0. The van der Waals surface area contributed by atoms with E-state index in [2.05, 4.69) is 4.98 Å². The van der Waals surface area contributed by atoms with E-state index in [1.165, 1.54) is 0 Å². The Kier molecular flexibility index (Phi) is 3.90. The summed E-state index contributed by atoms with van der Waals surface area (Å²) in [6.45, 7) is 6.02. The van der Waals surface area contributed by atoms with E-state index >= 15 is 0 Å². The lowest BCUT2D eigenvalue weighted by atomic mass is 10.1. The van der Waals surface area contributed by atoms with Gasteiger partial charge in [0.25, 0.3) is 0 Å². The number of fused-ring (bicyclic) bond motifs is 1. The number of pyridine rings is 1. The average Bonchev–Trinajstić information content (AvgIpc) is 2.20. The quantitative estimate of drug-likeness (QED) is 0.630. The van der Waals surface area contributed by atoms with Crippen molar-refractivity contribution in [3.63, 3.8) is 0 Å². The molecular weight excluding hydrogens is 194 g/mol. The van der Waals surface area contributed by atoms with Crippen LogP contribution in [0, 0.1) is 6.92 Å². The number of hydrogen-bond donors (Lipinski definition) is 0. The summed E-state index contributed by atoms with van der Waals surface area (Å²) in [6.07, 6.45) is 1.79. The molecule has 0 fully saturated rings. The standard InChI is InChI=1S/C10H8ClN.C2H6/c1-7-5-9(11)6-8-3-2-4-12-10(7)8;1-2/h2-6H,1H3;1-2H3. The predicted molar refractivity (Wildman–Crippen MR) is 62.8 cm³/mol. The molecule has 0 aliphatic rings. The number of benzene rings is 1. The number of aryl methyl sites for hydroxylation is 1. The van der Waals surface area contributed by atoms with E-state index in [1.807, 2.05) is 45.0 Å². The first-order chi connectivity index (χ1) is 6.77. The maximum Gasteiger partial charge on any atom is 0.0732 e. The van der Waals surface area contributed by atoms with Crippen molar-refractivity contribution in [1.29, 1.82) is 0 Å². The molecule has 0 saturated carbocycles. The zero-order valence-corrected chi connectivity index (χ0v) is 9.47. The summed E-state index contributed by atoms with van der Waals surface area (Å²) in [5, 5.41) is 1.87. The Bertz CT molecular complexity index is 424. The Morgan fingerprint density at radius 2 is 1.93 bits per heavy atom. The van der Waals surface area contributed by atoms with Crippen molar-refractivity contribution in [2.75, 3.05) is 0 Å². The van der Waals surface area contributed by atoms with Gasteiger partial charge < -0.3 is 0 Å². The largest absolute Gasteiger partial charge is 0.256 e. The SMILES string of the molecule is CC.Cc1cc(Cl)cc2cccnc12. The molecule has 1 heterocycles. The first-order valence-corrected chi connectivity index (χ1v) is 5.16. The molecule has 0 aliphatic carbocycles. The van der Waals surface area contributed by atoms with Gasteiger partial charge in [0.05, 0.1) is 5.52 Å². The summed E-state index contributed by atoms with van der Waals surface area (Å²) in [4.78, 5) is 4.26. The van der Waals surface area contributed by atoms with E-state index < -0.39 is 0 Å². The summed E-state index contributed by atoms with van der Waals surface area (Å²) in [5.41, 5.74) is 2.15. The molecule has 1 nitrogen and oxygen atoms in total. The Morgan fingerprint density at radius 1 is 1.21 bits per heavy atom. The molecule has 2 heteroatoms. The van der Waals surface area contributed by atoms with Crippen molar-refractivity contribution < 1.29 is 0 Å². The Hall–Kier alpha value is -1.08. The van der Waals surface area contributed by atoms with Gasteiger partial charge in [-0.2, -0.15) is 0 Å². The normalized spacial score (nSPS) is 9.43. The lowest BCUT2D eigenvalue weighted by Gasteiger charge is -2.00. The van der Waals surface area contributed by atoms with Gasteiger partial charge in [-0.25, -0.2) is 0 Å². The summed E-state index contributed by atoms with van der Waals surface area (Å²) >= 11 is 5.90. The van der Waals surface area contributed by atoms with Crippen LogP contribution in [0.25, 0.3) is 10.9 Å². The highest BCUT2D eigenvalue weighted by Crippen LogP contribution is 2.20. The molecule has 2 aromatic rings. The van der Waals surface area contributed by atoms with Crippen molar-refractivity contribution in [3.8, 4) is 0 Å². The van der Waals surface area contributed by atoms with Gasteiger partial charge in [-0.05, 0) is 30.7 Å². The van der Waals surface area contributed by atoms with Crippen LogP contribution in [0.2, 0.25) is 5.02 Å². The molecule has 0 aliphatic heterocycles. The molecule has 0 amide bonds. The third-order valence-corrected chi connectivity index (χ3v) is 2.08. The molecule has 0 radical (unpaired) electrons. The van der Waals surface area contributed by atoms with Gasteiger partial charge in [0.15, 0.2) is 0 Å². The fourth-order valence-electron chi connectivity index (χ4n) is 1.33. The molecule has 0 saturated heterocycles. The number of nitrogens with zero attached hydrogens (tertiary/aromatic N) is 1. The van der Waals surface area contributed by atoms with Crippen LogP contribution in [0.3, 0.4) is 0 Å². The highest BCUT2D eigenvalue weighted by atomic mass is 35.5. The first-order valence-electron chi connectivity index (χ1n) is 4.78. The zero-order valence-electron chi connectivity index (χ0n) is 8.71. The molecule has 1 aromatic carbocycles. The molecule has 0 spiro atoms. The van der Waals surface area contributed by atoms with Crippen molar-refractivity contribution in [2.45, 2.75) is 20.8 Å². The van der Waals surface area contributed by atoms with Gasteiger partial charge in [0.1, 0.15) is 0 Å².